The lowest BCUT2D eigenvalue weighted by Gasteiger charge is -2.15. The Morgan fingerprint density at radius 1 is 0.968 bits per heavy atom. The van der Waals surface area contributed by atoms with Gasteiger partial charge in [-0.1, -0.05) is 34.4 Å². The van der Waals surface area contributed by atoms with Gasteiger partial charge in [0.15, 0.2) is 5.76 Å². The molecule has 3 rings (SSSR count). The minimum atomic E-state index is -0.539. The number of amides is 2. The number of hydrazone groups is 1. The topological polar surface area (TPSA) is 79.5 Å². The van der Waals surface area contributed by atoms with E-state index in [9.17, 15) is 4.79 Å². The zero-order chi connectivity index (χ0) is 22.9. The van der Waals surface area contributed by atoms with E-state index in [0.717, 1.165) is 16.7 Å². The van der Waals surface area contributed by atoms with Gasteiger partial charge in [-0.15, -0.1) is 0 Å². The van der Waals surface area contributed by atoms with Gasteiger partial charge >= 0.3 is 6.03 Å². The van der Waals surface area contributed by atoms with Crippen molar-refractivity contribution >= 4 is 41.1 Å². The molecule has 2 aromatic carbocycles. The summed E-state index contributed by atoms with van der Waals surface area (Å²) in [6, 6.07) is 4.57. The highest BCUT2D eigenvalue weighted by Crippen LogP contribution is 2.39. The van der Waals surface area contributed by atoms with Gasteiger partial charge in [-0.05, 0) is 81.5 Å². The van der Waals surface area contributed by atoms with E-state index in [1.165, 1.54) is 16.7 Å². The number of hydrogen-bond donors (Lipinski definition) is 2. The minimum Gasteiger partial charge on any atom is -0.359 e. The van der Waals surface area contributed by atoms with Crippen LogP contribution in [-0.4, -0.2) is 17.4 Å². The Bertz CT molecular complexity index is 1150. The summed E-state index contributed by atoms with van der Waals surface area (Å²) in [6.45, 7) is 12.1. The summed E-state index contributed by atoms with van der Waals surface area (Å²) in [6.07, 6.45) is 1.66. The largest absolute Gasteiger partial charge is 0.359 e. The van der Waals surface area contributed by atoms with Gasteiger partial charge < -0.3 is 9.84 Å². The Morgan fingerprint density at radius 2 is 1.52 bits per heavy atom. The van der Waals surface area contributed by atoms with Gasteiger partial charge in [0, 0.05) is 11.1 Å². The number of aromatic nitrogens is 1. The molecule has 0 unspecified atom stereocenters. The third-order valence-electron chi connectivity index (χ3n) is 5.72. The van der Waals surface area contributed by atoms with Gasteiger partial charge in [0.25, 0.3) is 0 Å². The lowest BCUT2D eigenvalue weighted by molar-refractivity contribution is 0.252. The van der Waals surface area contributed by atoms with Gasteiger partial charge in [0.2, 0.25) is 0 Å². The summed E-state index contributed by atoms with van der Waals surface area (Å²) in [5, 5.41) is 11.7. The van der Waals surface area contributed by atoms with Gasteiger partial charge in [0.05, 0.1) is 16.3 Å². The fraction of sp³-hybridized carbons (Fsp3) is 0.261. The molecule has 2 amide bonds. The number of carbonyl (C=O) groups is 1. The van der Waals surface area contributed by atoms with Crippen LogP contribution in [0.5, 0.6) is 0 Å². The maximum atomic E-state index is 12.5. The summed E-state index contributed by atoms with van der Waals surface area (Å²) in [7, 11) is 0. The van der Waals surface area contributed by atoms with Crippen molar-refractivity contribution in [2.75, 3.05) is 5.32 Å². The number of aryl methyl sites for hydroxylation is 1. The fourth-order valence-corrected chi connectivity index (χ4v) is 4.01. The smallest absolute Gasteiger partial charge is 0.339 e. The van der Waals surface area contributed by atoms with Crippen LogP contribution in [0.25, 0.3) is 11.3 Å². The lowest BCUT2D eigenvalue weighted by atomic mass is 9.90. The van der Waals surface area contributed by atoms with Crippen LogP contribution in [-0.2, 0) is 0 Å². The van der Waals surface area contributed by atoms with E-state index in [-0.39, 0.29) is 0 Å². The standard InChI is InChI=1S/C23H24Cl2N4O2/c1-11-12(2)14(4)17(15(5)13(11)3)10-26-28-23(30)27-21-16(6)31-29-22(21)20-18(24)8-7-9-19(20)25/h7-10H,1-6H3,(H2,27,28,30). The number of carbonyl (C=O) groups excluding carboxylic acids is 1. The number of nitrogens with zero attached hydrogens (tertiary/aromatic N) is 2. The minimum absolute atomic E-state index is 0.351. The highest BCUT2D eigenvalue weighted by molar-refractivity contribution is 6.39. The zero-order valence-electron chi connectivity index (χ0n) is 18.3. The first-order chi connectivity index (χ1) is 14.6. The number of hydrogen-bond acceptors (Lipinski definition) is 4. The van der Waals surface area contributed by atoms with Gasteiger partial charge in [-0.25, -0.2) is 10.2 Å². The molecule has 0 aliphatic heterocycles. The van der Waals surface area contributed by atoms with Crippen LogP contribution in [0.3, 0.4) is 0 Å². The Balaban J connectivity index is 1.82. The molecular formula is C23H24Cl2N4O2. The van der Waals surface area contributed by atoms with Gasteiger partial charge in [0.1, 0.15) is 11.4 Å². The predicted octanol–water partition coefficient (Wildman–Crippen LogP) is 6.65. The fourth-order valence-electron chi connectivity index (χ4n) is 3.43. The van der Waals surface area contributed by atoms with E-state index in [4.69, 9.17) is 27.7 Å². The summed E-state index contributed by atoms with van der Waals surface area (Å²) >= 11 is 12.6. The first-order valence-corrected chi connectivity index (χ1v) is 10.5. The third kappa shape index (κ3) is 4.45. The second-order valence-electron chi connectivity index (χ2n) is 7.42. The average molecular weight is 459 g/mol. The Morgan fingerprint density at radius 3 is 2.10 bits per heavy atom. The number of rotatable bonds is 4. The maximum absolute atomic E-state index is 12.5. The van der Waals surface area contributed by atoms with Crippen LogP contribution in [0, 0.1) is 41.5 Å². The molecule has 3 aromatic rings. The molecule has 0 atom stereocenters. The highest BCUT2D eigenvalue weighted by atomic mass is 35.5. The molecular weight excluding hydrogens is 435 g/mol. The number of benzene rings is 2. The molecule has 1 heterocycles. The molecule has 0 aliphatic rings. The van der Waals surface area contributed by atoms with Crippen molar-refractivity contribution < 1.29 is 9.32 Å². The van der Waals surface area contributed by atoms with Crippen LogP contribution >= 0.6 is 23.2 Å². The lowest BCUT2D eigenvalue weighted by Crippen LogP contribution is -2.24. The molecule has 0 saturated carbocycles. The van der Waals surface area contributed by atoms with Crippen LogP contribution in [0.4, 0.5) is 10.5 Å². The van der Waals surface area contributed by atoms with Crippen molar-refractivity contribution in [1.82, 2.24) is 10.6 Å². The van der Waals surface area contributed by atoms with E-state index in [1.807, 2.05) is 0 Å². The number of nitrogens with one attached hydrogen (secondary N) is 2. The SMILES string of the molecule is Cc1onc(-c2c(Cl)cccc2Cl)c1NC(=O)NN=Cc1c(C)c(C)c(C)c(C)c1C. The van der Waals surface area contributed by atoms with Crippen molar-refractivity contribution in [2.24, 2.45) is 5.10 Å². The van der Waals surface area contributed by atoms with Gasteiger partial charge in [-0.2, -0.15) is 5.10 Å². The van der Waals surface area contributed by atoms with Crippen molar-refractivity contribution in [2.45, 2.75) is 41.5 Å². The summed E-state index contributed by atoms with van der Waals surface area (Å²) in [4.78, 5) is 12.5. The normalized spacial score (nSPS) is 11.2. The number of anilines is 1. The molecule has 0 fully saturated rings. The monoisotopic (exact) mass is 458 g/mol. The molecule has 162 valence electrons. The molecule has 1 aromatic heterocycles. The van der Waals surface area contributed by atoms with Crippen molar-refractivity contribution in [3.05, 3.63) is 67.4 Å². The predicted molar refractivity (Wildman–Crippen MR) is 127 cm³/mol. The second kappa shape index (κ2) is 9.12. The number of urea groups is 1. The molecule has 0 bridgehead atoms. The summed E-state index contributed by atoms with van der Waals surface area (Å²) < 4.78 is 5.26. The molecule has 6 nitrogen and oxygen atoms in total. The van der Waals surface area contributed by atoms with E-state index in [2.05, 4.69) is 55.6 Å². The number of halogens is 2. The zero-order valence-corrected chi connectivity index (χ0v) is 19.8. The van der Waals surface area contributed by atoms with Crippen molar-refractivity contribution in [1.29, 1.82) is 0 Å². The average Bonchev–Trinajstić information content (AvgIpc) is 3.07. The van der Waals surface area contributed by atoms with Crippen LogP contribution in [0.1, 0.15) is 39.1 Å². The first-order valence-electron chi connectivity index (χ1n) is 9.71. The van der Waals surface area contributed by atoms with E-state index < -0.39 is 6.03 Å². The van der Waals surface area contributed by atoms with Crippen molar-refractivity contribution in [3.63, 3.8) is 0 Å². The maximum Gasteiger partial charge on any atom is 0.339 e. The van der Waals surface area contributed by atoms with Gasteiger partial charge in [-0.3, -0.25) is 0 Å². The van der Waals surface area contributed by atoms with E-state index >= 15 is 0 Å². The highest BCUT2D eigenvalue weighted by Gasteiger charge is 2.21. The molecule has 0 spiro atoms. The first kappa shape index (κ1) is 22.8. The second-order valence-corrected chi connectivity index (χ2v) is 8.24. The van der Waals surface area contributed by atoms with Crippen LogP contribution in [0.2, 0.25) is 10.0 Å². The molecule has 31 heavy (non-hydrogen) atoms. The molecule has 0 aliphatic carbocycles. The Kier molecular flexibility index (Phi) is 6.72. The molecule has 8 heteroatoms. The third-order valence-corrected chi connectivity index (χ3v) is 6.35. The van der Waals surface area contributed by atoms with E-state index in [1.54, 1.807) is 31.3 Å². The van der Waals surface area contributed by atoms with Crippen LogP contribution < -0.4 is 10.7 Å². The Labute approximate surface area is 191 Å². The van der Waals surface area contributed by atoms with Crippen LogP contribution in [0.15, 0.2) is 27.8 Å². The van der Waals surface area contributed by atoms with Crippen molar-refractivity contribution in [3.8, 4) is 11.3 Å². The molecule has 0 radical (unpaired) electrons. The quantitative estimate of drug-likeness (QED) is 0.338. The van der Waals surface area contributed by atoms with E-state index in [0.29, 0.717) is 32.8 Å². The Hall–Kier alpha value is -2.83. The summed E-state index contributed by atoms with van der Waals surface area (Å²) in [5.74, 6) is 0.418. The molecule has 0 saturated heterocycles. The molecule has 2 N–H and O–H groups in total. The summed E-state index contributed by atoms with van der Waals surface area (Å²) in [5.41, 5.74) is 10.7.